The molecule has 5 N–H and O–H groups in total. The number of aliphatic carboxylic acids is 3. The molecule has 0 aromatic rings. The van der Waals surface area contributed by atoms with Crippen molar-refractivity contribution in [1.29, 1.82) is 0 Å². The monoisotopic (exact) mass is 296 g/mol. The Kier molecular flexibility index (Phi) is 6.68. The average Bonchev–Trinajstić information content (AvgIpc) is 2.22. The van der Waals surface area contributed by atoms with E-state index in [1.54, 1.807) is 0 Å². The predicted molar refractivity (Wildman–Crippen MR) is 60.7 cm³/mol. The standard InChI is InChI=1S/C9H16NO8P/c10-6(3-8(13)14)19(17,18)4-5(9(15)16)1-2-7(11)12/h5-6H,1-4,10H2,(H,11,12)(H,13,14)(H,15,16)(H,17,18)/p-1. The predicted octanol–water partition coefficient (Wildman–Crippen LogP) is -1.05. The van der Waals surface area contributed by atoms with Gasteiger partial charge in [-0.3, -0.25) is 14.4 Å². The van der Waals surface area contributed by atoms with Crippen LogP contribution >= 0.6 is 7.37 Å². The molecule has 9 nitrogen and oxygen atoms in total. The van der Waals surface area contributed by atoms with Crippen LogP contribution in [0.25, 0.3) is 0 Å². The molecule has 110 valence electrons. The molecule has 0 saturated heterocycles. The molecule has 0 rings (SSSR count). The second kappa shape index (κ2) is 7.22. The topological polar surface area (TPSA) is 178 Å². The van der Waals surface area contributed by atoms with Gasteiger partial charge in [-0.25, -0.2) is 0 Å². The fourth-order valence-electron chi connectivity index (χ4n) is 1.35. The Morgan fingerprint density at radius 2 is 1.68 bits per heavy atom. The van der Waals surface area contributed by atoms with E-state index in [9.17, 15) is 23.8 Å². The SMILES string of the molecule is NC(CC(=O)O)P(=O)([O-])CC(CCC(=O)O)C(=O)O. The van der Waals surface area contributed by atoms with Crippen molar-refractivity contribution in [1.82, 2.24) is 0 Å². The van der Waals surface area contributed by atoms with Gasteiger partial charge in [0.15, 0.2) is 0 Å². The minimum Gasteiger partial charge on any atom is -0.798 e. The first-order valence-electron chi connectivity index (χ1n) is 5.28. The summed E-state index contributed by atoms with van der Waals surface area (Å²) in [5.74, 6) is -7.22. The van der Waals surface area contributed by atoms with Crippen LogP contribution in [0.2, 0.25) is 0 Å². The highest BCUT2D eigenvalue weighted by Crippen LogP contribution is 2.43. The van der Waals surface area contributed by atoms with Gasteiger partial charge in [-0.1, -0.05) is 0 Å². The molecule has 19 heavy (non-hydrogen) atoms. The van der Waals surface area contributed by atoms with Crippen molar-refractivity contribution in [3.05, 3.63) is 0 Å². The molecule has 0 saturated carbocycles. The van der Waals surface area contributed by atoms with E-state index in [1.165, 1.54) is 0 Å². The number of rotatable bonds is 9. The van der Waals surface area contributed by atoms with E-state index in [-0.39, 0.29) is 6.42 Å². The minimum atomic E-state index is -4.43. The van der Waals surface area contributed by atoms with Crippen LogP contribution in [0.15, 0.2) is 0 Å². The third kappa shape index (κ3) is 6.90. The van der Waals surface area contributed by atoms with Gasteiger partial charge in [0.1, 0.15) is 0 Å². The Morgan fingerprint density at radius 1 is 1.16 bits per heavy atom. The highest BCUT2D eigenvalue weighted by Gasteiger charge is 2.28. The van der Waals surface area contributed by atoms with E-state index >= 15 is 0 Å². The zero-order valence-electron chi connectivity index (χ0n) is 9.89. The van der Waals surface area contributed by atoms with E-state index in [1.807, 2.05) is 0 Å². The second-order valence-electron chi connectivity index (χ2n) is 4.04. The average molecular weight is 296 g/mol. The Hall–Kier alpha value is -1.44. The molecule has 10 heteroatoms. The molecular weight excluding hydrogens is 281 g/mol. The van der Waals surface area contributed by atoms with Crippen LogP contribution in [-0.2, 0) is 18.9 Å². The quantitative estimate of drug-likeness (QED) is 0.386. The lowest BCUT2D eigenvalue weighted by Gasteiger charge is -2.31. The Bertz CT molecular complexity index is 409. The van der Waals surface area contributed by atoms with Gasteiger partial charge >= 0.3 is 17.9 Å². The van der Waals surface area contributed by atoms with E-state index in [2.05, 4.69) is 0 Å². The van der Waals surface area contributed by atoms with Gasteiger partial charge in [0, 0.05) is 20.0 Å². The van der Waals surface area contributed by atoms with E-state index < -0.39 is 56.0 Å². The number of hydrogen-bond donors (Lipinski definition) is 4. The lowest BCUT2D eigenvalue weighted by molar-refractivity contribution is -0.180. The van der Waals surface area contributed by atoms with Crippen molar-refractivity contribution in [2.75, 3.05) is 6.16 Å². The Balaban J connectivity index is 4.72. The molecule has 0 aliphatic carbocycles. The summed E-state index contributed by atoms with van der Waals surface area (Å²) in [7, 11) is -4.43. The van der Waals surface area contributed by atoms with Crippen molar-refractivity contribution in [3.8, 4) is 0 Å². The summed E-state index contributed by atoms with van der Waals surface area (Å²) in [5.41, 5.74) is 5.19. The highest BCUT2D eigenvalue weighted by molar-refractivity contribution is 7.57. The zero-order valence-corrected chi connectivity index (χ0v) is 10.8. The molecular formula is C9H15NO8P-. The minimum absolute atomic E-state index is 0.364. The Labute approximate surface area is 108 Å². The van der Waals surface area contributed by atoms with Gasteiger partial charge in [0.05, 0.1) is 18.1 Å². The molecule has 0 aromatic heterocycles. The van der Waals surface area contributed by atoms with Crippen molar-refractivity contribution in [2.24, 2.45) is 11.7 Å². The fourth-order valence-corrected chi connectivity index (χ4v) is 3.01. The smallest absolute Gasteiger partial charge is 0.306 e. The third-order valence-corrected chi connectivity index (χ3v) is 4.56. The first-order valence-corrected chi connectivity index (χ1v) is 7.16. The lowest BCUT2D eigenvalue weighted by atomic mass is 10.1. The van der Waals surface area contributed by atoms with Gasteiger partial charge in [-0.05, 0) is 6.42 Å². The van der Waals surface area contributed by atoms with Gasteiger partial charge in [-0.15, -0.1) is 0 Å². The van der Waals surface area contributed by atoms with E-state index in [0.717, 1.165) is 0 Å². The van der Waals surface area contributed by atoms with Crippen molar-refractivity contribution >= 4 is 25.3 Å². The van der Waals surface area contributed by atoms with Crippen LogP contribution in [0.1, 0.15) is 19.3 Å². The molecule has 0 bridgehead atoms. The van der Waals surface area contributed by atoms with Gasteiger partial charge < -0.3 is 30.5 Å². The molecule has 0 fully saturated rings. The summed E-state index contributed by atoms with van der Waals surface area (Å²) in [5, 5.41) is 25.7. The molecule has 3 unspecified atom stereocenters. The molecule has 0 amide bonds. The maximum atomic E-state index is 11.7. The van der Waals surface area contributed by atoms with Crippen LogP contribution < -0.4 is 10.6 Å². The summed E-state index contributed by atoms with van der Waals surface area (Å²) in [6, 6.07) is 0. The first kappa shape index (κ1) is 17.6. The van der Waals surface area contributed by atoms with Crippen LogP contribution in [0.5, 0.6) is 0 Å². The van der Waals surface area contributed by atoms with Crippen LogP contribution in [-0.4, -0.2) is 45.2 Å². The molecule has 0 heterocycles. The van der Waals surface area contributed by atoms with Crippen molar-refractivity contribution in [2.45, 2.75) is 25.0 Å². The highest BCUT2D eigenvalue weighted by atomic mass is 31.2. The molecule has 0 aromatic carbocycles. The summed E-state index contributed by atoms with van der Waals surface area (Å²) in [4.78, 5) is 43.2. The normalized spacial score (nSPS) is 17.2. The molecule has 3 atom stereocenters. The second-order valence-corrected chi connectivity index (χ2v) is 6.52. The van der Waals surface area contributed by atoms with Crippen molar-refractivity contribution < 1.29 is 39.2 Å². The summed E-state index contributed by atoms with van der Waals surface area (Å²) >= 11 is 0. The Morgan fingerprint density at radius 3 is 2.05 bits per heavy atom. The third-order valence-electron chi connectivity index (χ3n) is 2.42. The summed E-state index contributed by atoms with van der Waals surface area (Å²) < 4.78 is 11.7. The van der Waals surface area contributed by atoms with Gasteiger partial charge in [0.2, 0.25) is 0 Å². The maximum Gasteiger partial charge on any atom is 0.306 e. The number of carbonyl (C=O) groups is 3. The van der Waals surface area contributed by atoms with Crippen molar-refractivity contribution in [3.63, 3.8) is 0 Å². The maximum absolute atomic E-state index is 11.7. The zero-order chi connectivity index (χ0) is 15.2. The fraction of sp³-hybridized carbons (Fsp3) is 0.667. The van der Waals surface area contributed by atoms with Gasteiger partial charge in [0.25, 0.3) is 0 Å². The number of nitrogens with two attached hydrogens (primary N) is 1. The first-order chi connectivity index (χ1) is 8.56. The summed E-state index contributed by atoms with van der Waals surface area (Å²) in [6.07, 6.45) is -2.54. The number of carboxylic acids is 3. The van der Waals surface area contributed by atoms with E-state index in [4.69, 9.17) is 21.1 Å². The van der Waals surface area contributed by atoms with E-state index in [0.29, 0.717) is 0 Å². The molecule has 0 aliphatic rings. The summed E-state index contributed by atoms with van der Waals surface area (Å²) in [6.45, 7) is 0. The molecule has 0 spiro atoms. The van der Waals surface area contributed by atoms with Crippen LogP contribution in [0.4, 0.5) is 0 Å². The number of carboxylic acid groups (broad SMARTS) is 3. The molecule has 0 radical (unpaired) electrons. The number of hydrogen-bond acceptors (Lipinski definition) is 6. The van der Waals surface area contributed by atoms with Gasteiger partial charge in [-0.2, -0.15) is 0 Å². The van der Waals surface area contributed by atoms with Crippen LogP contribution in [0.3, 0.4) is 0 Å². The lowest BCUT2D eigenvalue weighted by Crippen LogP contribution is -2.33. The van der Waals surface area contributed by atoms with Crippen LogP contribution in [0, 0.1) is 5.92 Å². The largest absolute Gasteiger partial charge is 0.798 e. The molecule has 0 aliphatic heterocycles.